The molecule has 0 N–H and O–H groups in total. The van der Waals surface area contributed by atoms with Crippen molar-refractivity contribution >= 4 is 11.8 Å². The quantitative estimate of drug-likeness (QED) is 0.593. The number of esters is 1. The van der Waals surface area contributed by atoms with Crippen LogP contribution in [0.25, 0.3) is 0 Å². The van der Waals surface area contributed by atoms with E-state index in [-0.39, 0.29) is 17.5 Å². The zero-order valence-electron chi connectivity index (χ0n) is 17.9. The van der Waals surface area contributed by atoms with E-state index in [4.69, 9.17) is 4.74 Å². The summed E-state index contributed by atoms with van der Waals surface area (Å²) in [5.74, 6) is 3.06. The van der Waals surface area contributed by atoms with Gasteiger partial charge in [0.05, 0.1) is 5.56 Å². The highest BCUT2D eigenvalue weighted by atomic mass is 16.5. The molecular formula is C26H34O3. The first-order chi connectivity index (χ1) is 13.9. The molecule has 0 amide bonds. The lowest BCUT2D eigenvalue weighted by molar-refractivity contribution is -0.142. The highest BCUT2D eigenvalue weighted by Crippen LogP contribution is 2.66. The number of carbonyl (C=O) groups excluding carboxylic acids is 2. The molecule has 0 spiro atoms. The average molecular weight is 395 g/mol. The van der Waals surface area contributed by atoms with Crippen molar-refractivity contribution in [2.24, 2.45) is 34.5 Å². The van der Waals surface area contributed by atoms with Gasteiger partial charge in [0.25, 0.3) is 0 Å². The SMILES string of the molecule is C[C@@]12CC[C@H]3[C@@H](CC[C@@H]4CC(=O)CC[C@@]43C)[C@H]1CC[C@@H]2OC(=O)c1ccccc1. The molecule has 4 saturated carbocycles. The van der Waals surface area contributed by atoms with Crippen LogP contribution in [0.2, 0.25) is 0 Å². The fourth-order valence-electron chi connectivity index (χ4n) is 7.96. The van der Waals surface area contributed by atoms with E-state index >= 15 is 0 Å². The Labute approximate surface area is 174 Å². The van der Waals surface area contributed by atoms with Crippen molar-refractivity contribution in [1.82, 2.24) is 0 Å². The Bertz CT molecular complexity index is 801. The van der Waals surface area contributed by atoms with Crippen molar-refractivity contribution in [2.45, 2.75) is 77.7 Å². The molecule has 0 heterocycles. The van der Waals surface area contributed by atoms with Crippen LogP contribution in [0.3, 0.4) is 0 Å². The minimum absolute atomic E-state index is 0.0413. The van der Waals surface area contributed by atoms with Crippen LogP contribution in [-0.4, -0.2) is 17.9 Å². The lowest BCUT2D eigenvalue weighted by Crippen LogP contribution is -2.54. The first kappa shape index (κ1) is 19.3. The average Bonchev–Trinajstić information content (AvgIpc) is 3.05. The Hall–Kier alpha value is -1.64. The van der Waals surface area contributed by atoms with Crippen molar-refractivity contribution in [3.8, 4) is 0 Å². The molecule has 0 unspecified atom stereocenters. The van der Waals surface area contributed by atoms with E-state index in [2.05, 4.69) is 13.8 Å². The third kappa shape index (κ3) is 2.99. The van der Waals surface area contributed by atoms with Crippen LogP contribution >= 0.6 is 0 Å². The van der Waals surface area contributed by atoms with Crippen molar-refractivity contribution in [1.29, 1.82) is 0 Å². The summed E-state index contributed by atoms with van der Waals surface area (Å²) in [6.07, 6.45) is 9.79. The molecule has 0 radical (unpaired) electrons. The Morgan fingerprint density at radius 1 is 0.931 bits per heavy atom. The van der Waals surface area contributed by atoms with Crippen LogP contribution in [0.5, 0.6) is 0 Å². The molecule has 0 bridgehead atoms. The molecule has 0 aliphatic heterocycles. The number of rotatable bonds is 2. The maximum absolute atomic E-state index is 12.7. The van der Waals surface area contributed by atoms with Gasteiger partial charge >= 0.3 is 5.97 Å². The topological polar surface area (TPSA) is 43.4 Å². The summed E-state index contributed by atoms with van der Waals surface area (Å²) >= 11 is 0. The standard InChI is InChI=1S/C26H34O3/c1-25-14-12-19(27)16-18(25)8-9-20-21-10-11-23(26(21,2)15-13-22(20)25)29-24(28)17-6-4-3-5-7-17/h3-7,18,20-23H,8-16H2,1-2H3/t18-,20+,21-,22+,23+,25+,26-/m1/s1. The first-order valence-electron chi connectivity index (χ1n) is 11.7. The molecule has 0 saturated heterocycles. The highest BCUT2D eigenvalue weighted by molar-refractivity contribution is 5.89. The minimum atomic E-state index is -0.166. The second kappa shape index (κ2) is 6.96. The fraction of sp³-hybridized carbons (Fsp3) is 0.692. The first-order valence-corrected chi connectivity index (χ1v) is 11.7. The Kier molecular flexibility index (Phi) is 4.64. The van der Waals surface area contributed by atoms with E-state index in [1.807, 2.05) is 30.3 Å². The van der Waals surface area contributed by atoms with E-state index in [9.17, 15) is 9.59 Å². The molecule has 29 heavy (non-hydrogen) atoms. The van der Waals surface area contributed by atoms with Crippen LogP contribution in [-0.2, 0) is 9.53 Å². The summed E-state index contributed by atoms with van der Waals surface area (Å²) in [6, 6.07) is 9.42. The number of Topliss-reactive ketones (excluding diaryl/α,β-unsaturated/α-hetero) is 1. The van der Waals surface area contributed by atoms with Crippen molar-refractivity contribution in [2.75, 3.05) is 0 Å². The van der Waals surface area contributed by atoms with E-state index < -0.39 is 0 Å². The number of hydrogen-bond acceptors (Lipinski definition) is 3. The predicted molar refractivity (Wildman–Crippen MR) is 112 cm³/mol. The largest absolute Gasteiger partial charge is 0.458 e. The van der Waals surface area contributed by atoms with Crippen LogP contribution < -0.4 is 0 Å². The fourth-order valence-corrected chi connectivity index (χ4v) is 7.96. The lowest BCUT2D eigenvalue weighted by atomic mass is 9.45. The number of benzene rings is 1. The van der Waals surface area contributed by atoms with Crippen LogP contribution in [0, 0.1) is 34.5 Å². The van der Waals surface area contributed by atoms with Gasteiger partial charge in [-0.1, -0.05) is 32.0 Å². The number of ketones is 1. The molecule has 3 heteroatoms. The van der Waals surface area contributed by atoms with Crippen LogP contribution in [0.4, 0.5) is 0 Å². The van der Waals surface area contributed by atoms with Gasteiger partial charge in [0.15, 0.2) is 0 Å². The molecular weight excluding hydrogens is 360 g/mol. The number of carbonyl (C=O) groups is 2. The predicted octanol–water partition coefficient (Wildman–Crippen LogP) is 5.82. The van der Waals surface area contributed by atoms with Crippen molar-refractivity contribution < 1.29 is 14.3 Å². The normalized spacial score (nSPS) is 43.8. The number of ether oxygens (including phenoxy) is 1. The molecule has 1 aromatic carbocycles. The van der Waals surface area contributed by atoms with Crippen molar-refractivity contribution in [3.05, 3.63) is 35.9 Å². The Morgan fingerprint density at radius 3 is 2.48 bits per heavy atom. The third-order valence-corrected chi connectivity index (χ3v) is 9.65. The van der Waals surface area contributed by atoms with Gasteiger partial charge in [0.1, 0.15) is 11.9 Å². The Balaban J connectivity index is 1.34. The summed E-state index contributed by atoms with van der Waals surface area (Å²) < 4.78 is 6.11. The zero-order valence-corrected chi connectivity index (χ0v) is 17.9. The zero-order chi connectivity index (χ0) is 20.2. The molecule has 0 aromatic heterocycles. The van der Waals surface area contributed by atoms with Crippen molar-refractivity contribution in [3.63, 3.8) is 0 Å². The van der Waals surface area contributed by atoms with Gasteiger partial charge in [-0.05, 0) is 86.2 Å². The third-order valence-electron chi connectivity index (χ3n) is 9.65. The van der Waals surface area contributed by atoms with Gasteiger partial charge in [-0.25, -0.2) is 4.79 Å². The van der Waals surface area contributed by atoms with Gasteiger partial charge in [-0.15, -0.1) is 0 Å². The van der Waals surface area contributed by atoms with E-state index in [1.165, 1.54) is 25.7 Å². The second-order valence-electron chi connectivity index (χ2n) is 10.8. The van der Waals surface area contributed by atoms with E-state index in [0.29, 0.717) is 28.6 Å². The van der Waals surface area contributed by atoms with Gasteiger partial charge in [0, 0.05) is 18.3 Å². The summed E-state index contributed by atoms with van der Waals surface area (Å²) in [5.41, 5.74) is 1.11. The monoisotopic (exact) mass is 394 g/mol. The van der Waals surface area contributed by atoms with Gasteiger partial charge < -0.3 is 4.74 Å². The summed E-state index contributed by atoms with van der Waals surface area (Å²) in [5, 5.41) is 0. The molecule has 5 rings (SSSR count). The minimum Gasteiger partial charge on any atom is -0.458 e. The lowest BCUT2D eigenvalue weighted by Gasteiger charge is -2.60. The second-order valence-corrected chi connectivity index (χ2v) is 10.8. The van der Waals surface area contributed by atoms with E-state index in [0.717, 1.165) is 43.9 Å². The number of hydrogen-bond donors (Lipinski definition) is 0. The molecule has 156 valence electrons. The smallest absolute Gasteiger partial charge is 0.338 e. The highest BCUT2D eigenvalue weighted by Gasteiger charge is 2.61. The number of fused-ring (bicyclic) bond motifs is 5. The van der Waals surface area contributed by atoms with Crippen LogP contribution in [0.15, 0.2) is 30.3 Å². The van der Waals surface area contributed by atoms with E-state index in [1.54, 1.807) is 0 Å². The van der Waals surface area contributed by atoms with Gasteiger partial charge in [0.2, 0.25) is 0 Å². The maximum Gasteiger partial charge on any atom is 0.338 e. The molecule has 3 nitrogen and oxygen atoms in total. The molecule has 4 aliphatic rings. The maximum atomic E-state index is 12.7. The molecule has 7 atom stereocenters. The molecule has 4 aliphatic carbocycles. The summed E-state index contributed by atoms with van der Waals surface area (Å²) in [4.78, 5) is 24.8. The summed E-state index contributed by atoms with van der Waals surface area (Å²) in [7, 11) is 0. The molecule has 1 aromatic rings. The van der Waals surface area contributed by atoms with Gasteiger partial charge in [-0.3, -0.25) is 4.79 Å². The summed E-state index contributed by atoms with van der Waals surface area (Å²) in [6.45, 7) is 4.88. The van der Waals surface area contributed by atoms with Gasteiger partial charge in [-0.2, -0.15) is 0 Å². The van der Waals surface area contributed by atoms with Crippen LogP contribution in [0.1, 0.15) is 82.0 Å². The Morgan fingerprint density at radius 2 is 1.69 bits per heavy atom. The molecule has 4 fully saturated rings.